The standard InChI is InChI=1S/C19H17BrN4O2/c1-2-16(25)24-8-9-26-18-15(24)7-6-14-17(18)19(22-11-21-14)23-13-5-3-4-12(20)10-13/h3-7,10-11H,2,8-9H2,1H3,(H,21,22,23). The summed E-state index contributed by atoms with van der Waals surface area (Å²) in [4.78, 5) is 22.8. The third kappa shape index (κ3) is 2.99. The van der Waals surface area contributed by atoms with Gasteiger partial charge in [0.25, 0.3) is 0 Å². The molecule has 1 aromatic heterocycles. The summed E-state index contributed by atoms with van der Waals surface area (Å²) in [6, 6.07) is 11.6. The van der Waals surface area contributed by atoms with Gasteiger partial charge in [-0.3, -0.25) is 4.79 Å². The van der Waals surface area contributed by atoms with Crippen LogP contribution >= 0.6 is 15.9 Å². The zero-order valence-corrected chi connectivity index (χ0v) is 15.8. The molecule has 1 aliphatic rings. The van der Waals surface area contributed by atoms with Gasteiger partial charge in [-0.25, -0.2) is 9.97 Å². The molecule has 4 rings (SSSR count). The number of halogens is 1. The number of benzene rings is 2. The van der Waals surface area contributed by atoms with Crippen molar-refractivity contribution in [1.82, 2.24) is 9.97 Å². The van der Waals surface area contributed by atoms with Gasteiger partial charge < -0.3 is 15.0 Å². The van der Waals surface area contributed by atoms with E-state index in [1.54, 1.807) is 4.90 Å². The molecule has 0 spiro atoms. The third-order valence-electron chi connectivity index (χ3n) is 4.28. The van der Waals surface area contributed by atoms with Gasteiger partial charge in [-0.15, -0.1) is 0 Å². The maximum atomic E-state index is 12.3. The van der Waals surface area contributed by atoms with Crippen LogP contribution in [0.1, 0.15) is 13.3 Å². The van der Waals surface area contributed by atoms with E-state index >= 15 is 0 Å². The number of amides is 1. The average Bonchev–Trinajstić information content (AvgIpc) is 2.66. The Morgan fingerprint density at radius 2 is 2.19 bits per heavy atom. The number of nitrogens with one attached hydrogen (secondary N) is 1. The number of rotatable bonds is 3. The van der Waals surface area contributed by atoms with Crippen LogP contribution in [0.5, 0.6) is 5.75 Å². The number of nitrogens with zero attached hydrogens (tertiary/aromatic N) is 3. The maximum Gasteiger partial charge on any atom is 0.226 e. The average molecular weight is 413 g/mol. The van der Waals surface area contributed by atoms with Crippen molar-refractivity contribution >= 4 is 49.9 Å². The van der Waals surface area contributed by atoms with E-state index in [9.17, 15) is 4.79 Å². The molecular formula is C19H17BrN4O2. The summed E-state index contributed by atoms with van der Waals surface area (Å²) in [5.74, 6) is 1.37. The number of carbonyl (C=O) groups excluding carboxylic acids is 1. The molecule has 0 unspecified atom stereocenters. The van der Waals surface area contributed by atoms with Gasteiger partial charge in [-0.05, 0) is 30.3 Å². The summed E-state index contributed by atoms with van der Waals surface area (Å²) in [6.45, 7) is 2.86. The predicted octanol–water partition coefficient (Wildman–Crippen LogP) is 4.27. The Morgan fingerprint density at radius 3 is 3.00 bits per heavy atom. The molecule has 26 heavy (non-hydrogen) atoms. The molecule has 6 nitrogen and oxygen atoms in total. The summed E-state index contributed by atoms with van der Waals surface area (Å²) < 4.78 is 6.91. The summed E-state index contributed by atoms with van der Waals surface area (Å²) in [7, 11) is 0. The number of fused-ring (bicyclic) bond motifs is 3. The Labute approximate surface area is 159 Å². The summed E-state index contributed by atoms with van der Waals surface area (Å²) in [5, 5.41) is 4.11. The van der Waals surface area contributed by atoms with Crippen LogP contribution in [0.25, 0.3) is 10.9 Å². The fourth-order valence-electron chi connectivity index (χ4n) is 3.08. The molecule has 3 aromatic rings. The van der Waals surface area contributed by atoms with E-state index < -0.39 is 0 Å². The number of carbonyl (C=O) groups is 1. The second-order valence-corrected chi connectivity index (χ2v) is 6.83. The molecule has 1 amide bonds. The van der Waals surface area contributed by atoms with Gasteiger partial charge in [-0.2, -0.15) is 0 Å². The van der Waals surface area contributed by atoms with Gasteiger partial charge in [0.2, 0.25) is 5.91 Å². The van der Waals surface area contributed by atoms with Crippen LogP contribution in [-0.2, 0) is 4.79 Å². The molecule has 0 bridgehead atoms. The van der Waals surface area contributed by atoms with Crippen LogP contribution in [0.3, 0.4) is 0 Å². The van der Waals surface area contributed by atoms with Crippen LogP contribution in [0.15, 0.2) is 47.2 Å². The van der Waals surface area contributed by atoms with E-state index in [1.807, 2.05) is 43.3 Å². The molecule has 132 valence electrons. The van der Waals surface area contributed by atoms with Crippen LogP contribution in [0, 0.1) is 0 Å². The molecule has 0 radical (unpaired) electrons. The van der Waals surface area contributed by atoms with Gasteiger partial charge in [-0.1, -0.05) is 28.9 Å². The monoisotopic (exact) mass is 412 g/mol. The molecule has 1 aliphatic heterocycles. The fourth-order valence-corrected chi connectivity index (χ4v) is 3.48. The highest BCUT2D eigenvalue weighted by Gasteiger charge is 2.26. The minimum Gasteiger partial charge on any atom is -0.489 e. The Balaban J connectivity index is 1.86. The lowest BCUT2D eigenvalue weighted by Crippen LogP contribution is -2.37. The smallest absolute Gasteiger partial charge is 0.226 e. The largest absolute Gasteiger partial charge is 0.489 e. The van der Waals surface area contributed by atoms with E-state index in [-0.39, 0.29) is 5.91 Å². The third-order valence-corrected chi connectivity index (χ3v) is 4.77. The first-order valence-corrected chi connectivity index (χ1v) is 9.20. The summed E-state index contributed by atoms with van der Waals surface area (Å²) in [5.41, 5.74) is 2.43. The maximum absolute atomic E-state index is 12.3. The van der Waals surface area contributed by atoms with Crippen molar-refractivity contribution in [3.63, 3.8) is 0 Å². The SMILES string of the molecule is CCC(=O)N1CCOc2c1ccc1ncnc(Nc3cccc(Br)c3)c21. The number of hydrogen-bond acceptors (Lipinski definition) is 5. The second-order valence-electron chi connectivity index (χ2n) is 5.91. The predicted molar refractivity (Wildman–Crippen MR) is 105 cm³/mol. The van der Waals surface area contributed by atoms with Gasteiger partial charge >= 0.3 is 0 Å². The number of hydrogen-bond donors (Lipinski definition) is 1. The van der Waals surface area contributed by atoms with Gasteiger partial charge in [0, 0.05) is 16.6 Å². The fraction of sp³-hybridized carbons (Fsp3) is 0.211. The highest BCUT2D eigenvalue weighted by Crippen LogP contribution is 2.41. The van der Waals surface area contributed by atoms with Crippen LogP contribution in [0.4, 0.5) is 17.2 Å². The summed E-state index contributed by atoms with van der Waals surface area (Å²) >= 11 is 3.48. The van der Waals surface area contributed by atoms with Crippen molar-refractivity contribution in [1.29, 1.82) is 0 Å². The Kier molecular flexibility index (Phi) is 4.46. The second kappa shape index (κ2) is 6.92. The van der Waals surface area contributed by atoms with E-state index in [0.717, 1.165) is 26.8 Å². The van der Waals surface area contributed by atoms with Crippen molar-refractivity contribution in [3.8, 4) is 5.75 Å². The van der Waals surface area contributed by atoms with Crippen LogP contribution in [-0.4, -0.2) is 29.0 Å². The minimum absolute atomic E-state index is 0.0762. The van der Waals surface area contributed by atoms with Crippen LogP contribution < -0.4 is 15.0 Å². The lowest BCUT2D eigenvalue weighted by Gasteiger charge is -2.30. The van der Waals surface area contributed by atoms with Crippen molar-refractivity contribution in [2.24, 2.45) is 0 Å². The molecule has 0 atom stereocenters. The first-order chi connectivity index (χ1) is 12.7. The van der Waals surface area contributed by atoms with Crippen LogP contribution in [0.2, 0.25) is 0 Å². The van der Waals surface area contributed by atoms with Crippen molar-refractivity contribution in [3.05, 3.63) is 47.2 Å². The van der Waals surface area contributed by atoms with Gasteiger partial charge in [0.15, 0.2) is 5.75 Å². The topological polar surface area (TPSA) is 67.4 Å². The van der Waals surface area contributed by atoms with Crippen molar-refractivity contribution in [2.45, 2.75) is 13.3 Å². The van der Waals surface area contributed by atoms with E-state index in [2.05, 4.69) is 31.2 Å². The lowest BCUT2D eigenvalue weighted by molar-refractivity contribution is -0.118. The number of aromatic nitrogens is 2. The molecule has 1 N–H and O–H groups in total. The first-order valence-electron chi connectivity index (χ1n) is 8.41. The van der Waals surface area contributed by atoms with E-state index in [4.69, 9.17) is 4.74 Å². The molecule has 2 aromatic carbocycles. The molecule has 0 aliphatic carbocycles. The molecule has 0 saturated heterocycles. The Bertz CT molecular complexity index is 992. The molecule has 0 fully saturated rings. The number of anilines is 3. The van der Waals surface area contributed by atoms with Crippen molar-refractivity contribution in [2.75, 3.05) is 23.4 Å². The minimum atomic E-state index is 0.0762. The molecule has 0 saturated carbocycles. The molecule has 7 heteroatoms. The lowest BCUT2D eigenvalue weighted by atomic mass is 10.1. The highest BCUT2D eigenvalue weighted by atomic mass is 79.9. The molecular weight excluding hydrogens is 396 g/mol. The Morgan fingerprint density at radius 1 is 1.31 bits per heavy atom. The van der Waals surface area contributed by atoms with Gasteiger partial charge in [0.05, 0.1) is 23.1 Å². The van der Waals surface area contributed by atoms with Gasteiger partial charge in [0.1, 0.15) is 18.8 Å². The first kappa shape index (κ1) is 16.8. The molecule has 2 heterocycles. The summed E-state index contributed by atoms with van der Waals surface area (Å²) in [6.07, 6.45) is 1.97. The van der Waals surface area contributed by atoms with Crippen molar-refractivity contribution < 1.29 is 9.53 Å². The highest BCUT2D eigenvalue weighted by molar-refractivity contribution is 9.10. The van der Waals surface area contributed by atoms with E-state index in [0.29, 0.717) is 31.1 Å². The quantitative estimate of drug-likeness (QED) is 0.695. The Hall–Kier alpha value is -2.67. The van der Waals surface area contributed by atoms with E-state index in [1.165, 1.54) is 6.33 Å². The number of ether oxygens (including phenoxy) is 1. The normalized spacial score (nSPS) is 13.2. The zero-order valence-electron chi connectivity index (χ0n) is 14.2. The zero-order chi connectivity index (χ0) is 18.1.